The molecule has 2 aliphatic carbocycles. The number of hydrogen-bond donors (Lipinski definition) is 0. The second-order valence-corrected chi connectivity index (χ2v) is 13.0. The first kappa shape index (κ1) is 28.2. The van der Waals surface area contributed by atoms with Gasteiger partial charge in [0, 0.05) is 0 Å². The molecule has 0 radical (unpaired) electrons. The van der Waals surface area contributed by atoms with Gasteiger partial charge in [-0.1, -0.05) is 61.5 Å². The Bertz CT molecular complexity index is 525. The molecule has 5 unspecified atom stereocenters. The minimum Gasteiger partial charge on any atom is -0.660 e. The minimum atomic E-state index is -1.71. The molecule has 1 aliphatic heterocycles. The van der Waals surface area contributed by atoms with E-state index in [-0.39, 0.29) is 49.5 Å². The molecule has 0 bridgehead atoms. The number of nitrogens with zero attached hydrogens (tertiary/aromatic N) is 1. The van der Waals surface area contributed by atoms with Crippen LogP contribution in [0.2, 0.25) is 18.6 Å². The third-order valence-corrected chi connectivity index (χ3v) is 9.45. The van der Waals surface area contributed by atoms with Gasteiger partial charge in [0.2, 0.25) is 6.79 Å². The Labute approximate surface area is 179 Å². The van der Waals surface area contributed by atoms with Crippen LogP contribution in [0.15, 0.2) is 23.7 Å². The zero-order valence-electron chi connectivity index (χ0n) is 18.5. The number of ether oxygens (including phenoxy) is 2. The van der Waals surface area contributed by atoms with Crippen LogP contribution in [0.5, 0.6) is 0 Å². The van der Waals surface area contributed by atoms with Crippen LogP contribution in [0, 0.1) is 46.0 Å². The van der Waals surface area contributed by atoms with Gasteiger partial charge in [0.05, 0.1) is 0 Å². The summed E-state index contributed by atoms with van der Waals surface area (Å²) >= 11 is 0. The van der Waals surface area contributed by atoms with E-state index in [0.29, 0.717) is 36.0 Å². The van der Waals surface area contributed by atoms with E-state index in [0.717, 1.165) is 11.5 Å². The van der Waals surface area contributed by atoms with Gasteiger partial charge in [-0.2, -0.15) is 0 Å². The van der Waals surface area contributed by atoms with Gasteiger partial charge in [0.15, 0.2) is 11.5 Å². The zero-order chi connectivity index (χ0) is 16.3. The van der Waals surface area contributed by atoms with Crippen molar-refractivity contribution in [3.63, 3.8) is 0 Å². The molecule has 1 heterocycles. The zero-order valence-corrected chi connectivity index (χ0v) is 21.1. The van der Waals surface area contributed by atoms with Gasteiger partial charge in [0.25, 0.3) is 0 Å². The Hall–Kier alpha value is -0.0288. The van der Waals surface area contributed by atoms with E-state index in [1.807, 2.05) is 0 Å². The Morgan fingerprint density at radius 3 is 1.85 bits per heavy atom. The van der Waals surface area contributed by atoms with Crippen molar-refractivity contribution in [2.75, 3.05) is 6.79 Å². The predicted octanol–water partition coefficient (Wildman–Crippen LogP) is 6.39. The van der Waals surface area contributed by atoms with Gasteiger partial charge >= 0.3 is 21.7 Å². The number of fused-ring (bicyclic) bond motifs is 2. The first-order chi connectivity index (χ1) is 10.1. The van der Waals surface area contributed by atoms with E-state index in [1.165, 1.54) is 0 Å². The van der Waals surface area contributed by atoms with Crippen LogP contribution < -0.4 is 0 Å². The maximum absolute atomic E-state index is 5.65. The predicted molar refractivity (Wildman–Crippen MR) is 112 cm³/mol. The molecule has 0 spiro atoms. The maximum atomic E-state index is 5.65. The van der Waals surface area contributed by atoms with Gasteiger partial charge in [-0.15, -0.1) is 5.54 Å². The average Bonchev–Trinajstić information content (AvgIpc) is 2.89. The number of hydrogen-bond acceptors (Lipinski definition) is 2. The normalized spacial score (nSPS) is 31.9. The molecule has 3 rings (SSSR count). The van der Waals surface area contributed by atoms with Crippen molar-refractivity contribution < 1.29 is 31.2 Å². The van der Waals surface area contributed by atoms with E-state index >= 15 is 0 Å². The van der Waals surface area contributed by atoms with Crippen molar-refractivity contribution >= 4 is 8.24 Å². The smallest absolute Gasteiger partial charge is 0.660 e. The fraction of sp³-hybridized carbons (Fsp3) is 0.667. The quantitative estimate of drug-likeness (QED) is 0.388. The van der Waals surface area contributed by atoms with Gasteiger partial charge in [-0.05, 0) is 35.8 Å². The van der Waals surface area contributed by atoms with Crippen LogP contribution in [0.25, 0.3) is 4.98 Å². The van der Waals surface area contributed by atoms with Crippen molar-refractivity contribution in [3.05, 3.63) is 50.9 Å². The first-order valence-corrected chi connectivity index (χ1v) is 11.6. The van der Waals surface area contributed by atoms with Gasteiger partial charge < -0.3 is 36.7 Å². The van der Waals surface area contributed by atoms with Crippen LogP contribution in [0.1, 0.15) is 34.6 Å². The average molecular weight is 414 g/mol. The number of rotatable bonds is 2. The van der Waals surface area contributed by atoms with Gasteiger partial charge in [-0.25, -0.2) is 0 Å². The fourth-order valence-corrected chi connectivity index (χ4v) is 9.79. The van der Waals surface area contributed by atoms with Gasteiger partial charge in [-0.3, -0.25) is 0 Å². The monoisotopic (exact) mass is 413 g/mol. The molecule has 5 heteroatoms. The summed E-state index contributed by atoms with van der Waals surface area (Å²) in [7, 11) is -1.71. The Morgan fingerprint density at radius 1 is 0.923 bits per heavy atom. The van der Waals surface area contributed by atoms with Crippen molar-refractivity contribution in [3.8, 4) is 0 Å². The number of allylic oxidation sites excluding steroid dienone is 2. The van der Waals surface area contributed by atoms with Crippen LogP contribution in [0.3, 0.4) is 0 Å². The molecule has 0 aromatic heterocycles. The Balaban J connectivity index is 0. The summed E-state index contributed by atoms with van der Waals surface area (Å²) in [5, 5.41) is 0. The summed E-state index contributed by atoms with van der Waals surface area (Å²) in [5.74, 6) is 4.42. The van der Waals surface area contributed by atoms with E-state index in [9.17, 15) is 0 Å². The standard InChI is InChI=1S/C18H30NO2Si.3CH3.Ti/c1-11-12(2)17(22(6,7)19-18(3,4)5)14-9-16-15(8-13(11)14)20-10-21-16;;;;/h8-9,11-14,17H,10H2,1-7H3;3*1H3;/q4*-1;+4. The fourth-order valence-electron chi connectivity index (χ4n) is 5.06. The van der Waals surface area contributed by atoms with Crippen molar-refractivity contribution in [1.29, 1.82) is 0 Å². The molecule has 26 heavy (non-hydrogen) atoms. The van der Waals surface area contributed by atoms with E-state index < -0.39 is 8.24 Å². The van der Waals surface area contributed by atoms with E-state index in [2.05, 4.69) is 59.9 Å². The molecule has 0 aromatic rings. The summed E-state index contributed by atoms with van der Waals surface area (Å²) in [6, 6.07) is 0. The van der Waals surface area contributed by atoms with Crippen LogP contribution in [-0.4, -0.2) is 20.6 Å². The SMILES string of the molecule is CC1C(C)C([Si](C)(C)[N-]C(C)(C)C)C2C=C3OCOC3=CC12.[CH3-].[CH3-].[CH3-].[Ti+4]. The summed E-state index contributed by atoms with van der Waals surface area (Å²) < 4.78 is 11.3. The van der Waals surface area contributed by atoms with Crippen LogP contribution in [0.4, 0.5) is 0 Å². The summed E-state index contributed by atoms with van der Waals surface area (Å²) in [5.41, 5.74) is 0.716. The van der Waals surface area contributed by atoms with Crippen molar-refractivity contribution in [2.24, 2.45) is 23.7 Å². The van der Waals surface area contributed by atoms with Gasteiger partial charge in [0.1, 0.15) is 0 Å². The molecule has 3 aliphatic rings. The molecule has 2 fully saturated rings. The molecule has 0 aromatic carbocycles. The third-order valence-electron chi connectivity index (χ3n) is 5.66. The summed E-state index contributed by atoms with van der Waals surface area (Å²) in [4.78, 5) is 5.30. The molecule has 1 saturated carbocycles. The summed E-state index contributed by atoms with van der Waals surface area (Å²) in [6.45, 7) is 16.8. The van der Waals surface area contributed by atoms with Crippen molar-refractivity contribution in [2.45, 2.75) is 58.8 Å². The third kappa shape index (κ3) is 5.07. The van der Waals surface area contributed by atoms with E-state index in [1.54, 1.807) is 0 Å². The second kappa shape index (κ2) is 9.45. The largest absolute Gasteiger partial charge is 4.00 e. The molecule has 0 amide bonds. The van der Waals surface area contributed by atoms with Crippen molar-refractivity contribution in [1.82, 2.24) is 0 Å². The molecule has 0 N–H and O–H groups in total. The molecular weight excluding hydrogens is 374 g/mol. The Morgan fingerprint density at radius 2 is 1.38 bits per heavy atom. The maximum Gasteiger partial charge on any atom is 4.00 e. The molecule has 3 nitrogen and oxygen atoms in total. The minimum absolute atomic E-state index is 0. The Kier molecular flexibility index (Phi) is 10.2. The topological polar surface area (TPSA) is 32.6 Å². The molecule has 1 saturated heterocycles. The van der Waals surface area contributed by atoms with Crippen LogP contribution >= 0.6 is 0 Å². The summed E-state index contributed by atoms with van der Waals surface area (Å²) in [6.07, 6.45) is 4.68. The van der Waals surface area contributed by atoms with Crippen LogP contribution in [-0.2, 0) is 31.2 Å². The molecule has 5 atom stereocenters. The molecule has 148 valence electrons. The molecular formula is C21H39NO2SiTi. The first-order valence-electron chi connectivity index (χ1n) is 8.54. The second-order valence-electron chi connectivity index (χ2n) is 8.80. The van der Waals surface area contributed by atoms with E-state index in [4.69, 9.17) is 14.5 Å².